The molecule has 1 aliphatic heterocycles. The van der Waals surface area contributed by atoms with Gasteiger partial charge in [-0.2, -0.15) is 0 Å². The van der Waals surface area contributed by atoms with Gasteiger partial charge in [0.25, 0.3) is 5.56 Å². The number of halogens is 1. The summed E-state index contributed by atoms with van der Waals surface area (Å²) in [6, 6.07) is 8.66. The van der Waals surface area contributed by atoms with Crippen LogP contribution in [0.5, 0.6) is 11.5 Å². The van der Waals surface area contributed by atoms with E-state index >= 15 is 0 Å². The molecule has 43 heavy (non-hydrogen) atoms. The van der Waals surface area contributed by atoms with E-state index < -0.39 is 12.0 Å². The Morgan fingerprint density at radius 1 is 1.09 bits per heavy atom. The van der Waals surface area contributed by atoms with Crippen LogP contribution in [0, 0.1) is 0 Å². The topological polar surface area (TPSA) is 90.1 Å². The summed E-state index contributed by atoms with van der Waals surface area (Å²) in [4.78, 5) is 33.2. The van der Waals surface area contributed by atoms with Crippen LogP contribution in [0.2, 0.25) is 0 Å². The van der Waals surface area contributed by atoms with Crippen LogP contribution in [-0.2, 0) is 20.4 Å². The first-order valence-electron chi connectivity index (χ1n) is 14.6. The van der Waals surface area contributed by atoms with E-state index in [1.165, 1.54) is 11.3 Å². The number of thiazole rings is 1. The smallest absolute Gasteiger partial charge is 0.338 e. The van der Waals surface area contributed by atoms with Gasteiger partial charge in [-0.3, -0.25) is 9.36 Å². The number of nitrogens with zero attached hydrogens (tertiary/aromatic N) is 2. The first-order valence-corrected chi connectivity index (χ1v) is 16.2. The lowest BCUT2D eigenvalue weighted by Crippen LogP contribution is -2.40. The molecule has 9 heteroatoms. The number of carbonyl (C=O) groups is 1. The average Bonchev–Trinajstić information content (AvgIpc) is 3.22. The van der Waals surface area contributed by atoms with Crippen LogP contribution in [-0.4, -0.2) is 29.4 Å². The van der Waals surface area contributed by atoms with Gasteiger partial charge in [0, 0.05) is 21.2 Å². The van der Waals surface area contributed by atoms with E-state index in [1.807, 2.05) is 43.3 Å². The molecule has 0 saturated carbocycles. The van der Waals surface area contributed by atoms with E-state index in [9.17, 15) is 14.7 Å². The second kappa shape index (κ2) is 12.4. The van der Waals surface area contributed by atoms with Crippen LogP contribution >= 0.6 is 27.3 Å². The Morgan fingerprint density at radius 2 is 1.72 bits per heavy atom. The molecule has 0 radical (unpaired) electrons. The molecule has 1 atom stereocenters. The van der Waals surface area contributed by atoms with Gasteiger partial charge in [-0.1, -0.05) is 82.2 Å². The predicted octanol–water partition coefficient (Wildman–Crippen LogP) is 6.65. The van der Waals surface area contributed by atoms with Gasteiger partial charge in [-0.25, -0.2) is 9.79 Å². The summed E-state index contributed by atoms with van der Waals surface area (Å²) in [5.41, 5.74) is 3.14. The zero-order valence-electron chi connectivity index (χ0n) is 26.4. The monoisotopic (exact) mass is 668 g/mol. The number of hydrogen-bond acceptors (Lipinski definition) is 7. The van der Waals surface area contributed by atoms with Crippen LogP contribution in [0.3, 0.4) is 0 Å². The molecule has 4 rings (SSSR count). The minimum atomic E-state index is -0.790. The van der Waals surface area contributed by atoms with E-state index in [0.717, 1.165) is 27.6 Å². The molecule has 2 heterocycles. The second-order valence-corrected chi connectivity index (χ2v) is 14.7. The van der Waals surface area contributed by atoms with E-state index in [0.29, 0.717) is 38.3 Å². The Labute approximate surface area is 265 Å². The molecule has 2 aromatic carbocycles. The molecular formula is C34H41BrN2O5S. The van der Waals surface area contributed by atoms with Crippen molar-refractivity contribution in [3.05, 3.63) is 88.0 Å². The summed E-state index contributed by atoms with van der Waals surface area (Å²) < 4.78 is 14.1. The Hall–Kier alpha value is -3.17. The maximum Gasteiger partial charge on any atom is 0.338 e. The quantitative estimate of drug-likeness (QED) is 0.285. The highest BCUT2D eigenvalue weighted by Gasteiger charge is 2.36. The van der Waals surface area contributed by atoms with E-state index in [1.54, 1.807) is 18.6 Å². The van der Waals surface area contributed by atoms with Crippen molar-refractivity contribution in [3.8, 4) is 11.5 Å². The Kier molecular flexibility index (Phi) is 9.47. The molecule has 7 nitrogen and oxygen atoms in total. The Balaban J connectivity index is 2.08. The largest absolute Gasteiger partial charge is 0.507 e. The second-order valence-electron chi connectivity index (χ2n) is 12.8. The number of rotatable bonds is 7. The zero-order valence-corrected chi connectivity index (χ0v) is 28.8. The molecule has 0 saturated heterocycles. The van der Waals surface area contributed by atoms with E-state index in [4.69, 9.17) is 14.5 Å². The minimum absolute atomic E-state index is 0.196. The summed E-state index contributed by atoms with van der Waals surface area (Å²) >= 11 is 4.85. The van der Waals surface area contributed by atoms with Crippen molar-refractivity contribution in [2.75, 3.05) is 13.7 Å². The summed E-state index contributed by atoms with van der Waals surface area (Å²) in [7, 11) is 1.57. The van der Waals surface area contributed by atoms with Gasteiger partial charge in [-0.05, 0) is 66.1 Å². The molecule has 3 aromatic rings. The fraction of sp³-hybridized carbons (Fsp3) is 0.441. The fourth-order valence-corrected chi connectivity index (χ4v) is 6.77. The van der Waals surface area contributed by atoms with Crippen LogP contribution in [0.25, 0.3) is 6.08 Å². The molecule has 1 aliphatic rings. The number of ether oxygens (including phenoxy) is 2. The molecule has 0 unspecified atom stereocenters. The molecule has 0 amide bonds. The number of esters is 1. The van der Waals surface area contributed by atoms with E-state index in [2.05, 4.69) is 57.5 Å². The van der Waals surface area contributed by atoms with Gasteiger partial charge < -0.3 is 14.6 Å². The molecule has 230 valence electrons. The molecule has 0 fully saturated rings. The third-order valence-electron chi connectivity index (χ3n) is 7.42. The number of fused-ring (bicyclic) bond motifs is 1. The van der Waals surface area contributed by atoms with Crippen molar-refractivity contribution < 1.29 is 19.4 Å². The number of methoxy groups -OCH3 is 1. The van der Waals surface area contributed by atoms with Crippen molar-refractivity contribution in [2.45, 2.75) is 85.1 Å². The van der Waals surface area contributed by atoms with Crippen molar-refractivity contribution >= 4 is 39.3 Å². The van der Waals surface area contributed by atoms with Crippen LogP contribution in [0.4, 0.5) is 0 Å². The first kappa shape index (κ1) is 32.7. The predicted molar refractivity (Wildman–Crippen MR) is 176 cm³/mol. The third-order valence-corrected chi connectivity index (χ3v) is 8.90. The number of aromatic nitrogens is 1. The third kappa shape index (κ3) is 6.53. The Morgan fingerprint density at radius 3 is 2.26 bits per heavy atom. The SMILES string of the molecule is CCCC1=C(C(=O)OCC)[C@@H](c2cc(Br)ccc2OC)n2c(s/c(=C/c3cc(C(C)(C)C)c(O)c(C(C)(C)C)c3)c2=O)=N1. The molecular weight excluding hydrogens is 628 g/mol. The maximum absolute atomic E-state index is 14.3. The number of phenolic OH excluding ortho intramolecular Hbond substituents is 1. The van der Waals surface area contributed by atoms with Gasteiger partial charge in [0.05, 0.1) is 29.5 Å². The summed E-state index contributed by atoms with van der Waals surface area (Å²) in [5.74, 6) is 0.327. The normalized spacial score (nSPS) is 15.8. The lowest BCUT2D eigenvalue weighted by atomic mass is 9.78. The summed E-state index contributed by atoms with van der Waals surface area (Å²) in [6.45, 7) is 16.3. The maximum atomic E-state index is 14.3. The zero-order chi connectivity index (χ0) is 31.9. The summed E-state index contributed by atoms with van der Waals surface area (Å²) in [5, 5.41) is 11.2. The van der Waals surface area contributed by atoms with Crippen molar-refractivity contribution in [3.63, 3.8) is 0 Å². The van der Waals surface area contributed by atoms with Gasteiger partial charge in [-0.15, -0.1) is 0 Å². The highest BCUT2D eigenvalue weighted by atomic mass is 79.9. The molecule has 1 N–H and O–H groups in total. The average molecular weight is 670 g/mol. The first-order chi connectivity index (χ1) is 20.1. The van der Waals surface area contributed by atoms with Crippen LogP contribution < -0.4 is 19.6 Å². The highest BCUT2D eigenvalue weighted by Crippen LogP contribution is 2.41. The van der Waals surface area contributed by atoms with Crippen LogP contribution in [0.1, 0.15) is 96.5 Å². The number of hydrogen-bond donors (Lipinski definition) is 1. The van der Waals surface area contributed by atoms with Gasteiger partial charge in [0.2, 0.25) is 0 Å². The molecule has 1 aromatic heterocycles. The molecule has 0 aliphatic carbocycles. The number of allylic oxidation sites excluding steroid dienone is 1. The standard InChI is InChI=1S/C34H41BrN2O5S/c1-10-12-24-27(31(40)42-11-2)28(21-18-20(35)13-14-25(21)41-9)37-30(39)26(43-32(37)36-24)17-19-15-22(33(3,4)5)29(38)23(16-19)34(6,7)8/h13-18,28,38H,10-12H2,1-9H3/b26-17+/t28-/m1/s1. The number of aromatic hydroxyl groups is 1. The van der Waals surface area contributed by atoms with Gasteiger partial charge >= 0.3 is 5.97 Å². The van der Waals surface area contributed by atoms with Crippen LogP contribution in [0.15, 0.2) is 55.9 Å². The number of carbonyl (C=O) groups excluding carboxylic acids is 1. The lowest BCUT2D eigenvalue weighted by molar-refractivity contribution is -0.139. The van der Waals surface area contributed by atoms with Crippen molar-refractivity contribution in [1.29, 1.82) is 0 Å². The lowest BCUT2D eigenvalue weighted by Gasteiger charge is -2.27. The van der Waals surface area contributed by atoms with Gasteiger partial charge in [0.15, 0.2) is 4.80 Å². The minimum Gasteiger partial charge on any atom is -0.507 e. The fourth-order valence-electron chi connectivity index (χ4n) is 5.37. The van der Waals surface area contributed by atoms with Crippen molar-refractivity contribution in [1.82, 2.24) is 4.57 Å². The Bertz CT molecular complexity index is 1730. The molecule has 0 spiro atoms. The molecule has 0 bridgehead atoms. The summed E-state index contributed by atoms with van der Waals surface area (Å²) in [6.07, 6.45) is 3.17. The van der Waals surface area contributed by atoms with E-state index in [-0.39, 0.29) is 28.7 Å². The van der Waals surface area contributed by atoms with Gasteiger partial charge in [0.1, 0.15) is 17.5 Å². The highest BCUT2D eigenvalue weighted by molar-refractivity contribution is 9.10. The number of benzene rings is 2. The number of phenols is 1. The van der Waals surface area contributed by atoms with Crippen molar-refractivity contribution in [2.24, 2.45) is 4.99 Å².